The minimum Gasteiger partial charge on any atom is -0.315 e. The zero-order valence-corrected chi connectivity index (χ0v) is 10.6. The van der Waals surface area contributed by atoms with Gasteiger partial charge in [0.2, 0.25) is 0 Å². The van der Waals surface area contributed by atoms with Gasteiger partial charge in [-0.2, -0.15) is 0 Å². The third kappa shape index (κ3) is 3.63. The molecule has 1 aliphatic rings. The summed E-state index contributed by atoms with van der Waals surface area (Å²) in [5.41, 5.74) is 1.14. The minimum atomic E-state index is 0.562. The first-order chi connectivity index (χ1) is 7.74. The molecule has 1 fully saturated rings. The molecule has 0 radical (unpaired) electrons. The molecule has 1 heterocycles. The Morgan fingerprint density at radius 2 is 2.00 bits per heavy atom. The third-order valence-corrected chi connectivity index (χ3v) is 3.25. The standard InChI is InChI=1S/C12H16Cl2N2/c13-10-4-9(5-11(14)6-10)7-16-12-2-1-3-15-8-12/h4-6,12,15-16H,1-3,7-8H2. The molecule has 1 aliphatic heterocycles. The zero-order valence-electron chi connectivity index (χ0n) is 9.10. The van der Waals surface area contributed by atoms with Crippen LogP contribution in [0, 0.1) is 0 Å². The fraction of sp³-hybridized carbons (Fsp3) is 0.500. The maximum Gasteiger partial charge on any atom is 0.0424 e. The van der Waals surface area contributed by atoms with Gasteiger partial charge in [0.1, 0.15) is 0 Å². The van der Waals surface area contributed by atoms with Crippen LogP contribution in [0.3, 0.4) is 0 Å². The highest BCUT2D eigenvalue weighted by molar-refractivity contribution is 6.34. The third-order valence-electron chi connectivity index (χ3n) is 2.81. The van der Waals surface area contributed by atoms with Crippen molar-refractivity contribution in [3.8, 4) is 0 Å². The molecule has 1 saturated heterocycles. The van der Waals surface area contributed by atoms with Crippen molar-refractivity contribution >= 4 is 23.2 Å². The topological polar surface area (TPSA) is 24.1 Å². The average Bonchev–Trinajstić information content (AvgIpc) is 2.27. The van der Waals surface area contributed by atoms with Gasteiger partial charge in [-0.15, -0.1) is 0 Å². The van der Waals surface area contributed by atoms with E-state index in [0.717, 1.165) is 25.2 Å². The predicted molar refractivity (Wildman–Crippen MR) is 69.2 cm³/mol. The van der Waals surface area contributed by atoms with E-state index in [9.17, 15) is 0 Å². The second-order valence-electron chi connectivity index (χ2n) is 4.20. The lowest BCUT2D eigenvalue weighted by atomic mass is 10.1. The van der Waals surface area contributed by atoms with Gasteiger partial charge in [0.15, 0.2) is 0 Å². The Balaban J connectivity index is 1.88. The Kier molecular flexibility index (Phi) is 4.47. The van der Waals surface area contributed by atoms with Gasteiger partial charge in [-0.25, -0.2) is 0 Å². The number of benzene rings is 1. The van der Waals surface area contributed by atoms with Crippen LogP contribution in [0.1, 0.15) is 18.4 Å². The van der Waals surface area contributed by atoms with Gasteiger partial charge in [0, 0.05) is 29.2 Å². The molecule has 16 heavy (non-hydrogen) atoms. The number of rotatable bonds is 3. The Morgan fingerprint density at radius 3 is 2.62 bits per heavy atom. The fourth-order valence-corrected chi connectivity index (χ4v) is 2.57. The van der Waals surface area contributed by atoms with Gasteiger partial charge in [-0.3, -0.25) is 0 Å². The molecule has 0 amide bonds. The second-order valence-corrected chi connectivity index (χ2v) is 5.07. The van der Waals surface area contributed by atoms with Crippen molar-refractivity contribution in [2.24, 2.45) is 0 Å². The van der Waals surface area contributed by atoms with Crippen LogP contribution in [0.15, 0.2) is 18.2 Å². The van der Waals surface area contributed by atoms with Crippen molar-refractivity contribution in [3.63, 3.8) is 0 Å². The summed E-state index contributed by atoms with van der Waals surface area (Å²) in [7, 11) is 0. The molecule has 0 spiro atoms. The van der Waals surface area contributed by atoms with Crippen molar-refractivity contribution in [3.05, 3.63) is 33.8 Å². The maximum absolute atomic E-state index is 5.95. The van der Waals surface area contributed by atoms with Crippen molar-refractivity contribution in [1.29, 1.82) is 0 Å². The van der Waals surface area contributed by atoms with Crippen LogP contribution in [0.4, 0.5) is 0 Å². The van der Waals surface area contributed by atoms with Gasteiger partial charge in [-0.1, -0.05) is 23.2 Å². The summed E-state index contributed by atoms with van der Waals surface area (Å²) in [6.07, 6.45) is 2.48. The first kappa shape index (κ1) is 12.2. The molecule has 2 N–H and O–H groups in total. The summed E-state index contributed by atoms with van der Waals surface area (Å²) < 4.78 is 0. The summed E-state index contributed by atoms with van der Waals surface area (Å²) in [5, 5.41) is 8.29. The van der Waals surface area contributed by atoms with Crippen LogP contribution in [-0.4, -0.2) is 19.1 Å². The van der Waals surface area contributed by atoms with Crippen molar-refractivity contribution in [1.82, 2.24) is 10.6 Å². The molecule has 1 aromatic carbocycles. The molecule has 2 nitrogen and oxygen atoms in total. The van der Waals surface area contributed by atoms with Crippen LogP contribution < -0.4 is 10.6 Å². The molecule has 1 unspecified atom stereocenters. The summed E-state index contributed by atoms with van der Waals surface area (Å²) in [6.45, 7) is 3.02. The van der Waals surface area contributed by atoms with E-state index in [1.165, 1.54) is 12.8 Å². The van der Waals surface area contributed by atoms with Crippen LogP contribution in [0.5, 0.6) is 0 Å². The number of hydrogen-bond acceptors (Lipinski definition) is 2. The first-order valence-electron chi connectivity index (χ1n) is 5.63. The van der Waals surface area contributed by atoms with E-state index < -0.39 is 0 Å². The lowest BCUT2D eigenvalue weighted by Gasteiger charge is -2.24. The molecule has 2 rings (SSSR count). The average molecular weight is 259 g/mol. The van der Waals surface area contributed by atoms with E-state index in [1.54, 1.807) is 6.07 Å². The zero-order chi connectivity index (χ0) is 11.4. The van der Waals surface area contributed by atoms with E-state index in [0.29, 0.717) is 16.1 Å². The van der Waals surface area contributed by atoms with E-state index in [2.05, 4.69) is 10.6 Å². The highest BCUT2D eigenvalue weighted by Crippen LogP contribution is 2.19. The van der Waals surface area contributed by atoms with Gasteiger partial charge < -0.3 is 10.6 Å². The largest absolute Gasteiger partial charge is 0.315 e. The van der Waals surface area contributed by atoms with E-state index in [1.807, 2.05) is 12.1 Å². The Hall–Kier alpha value is -0.280. The number of halogens is 2. The van der Waals surface area contributed by atoms with E-state index in [-0.39, 0.29) is 0 Å². The summed E-state index contributed by atoms with van der Waals surface area (Å²) in [4.78, 5) is 0. The van der Waals surface area contributed by atoms with Gasteiger partial charge in [0.05, 0.1) is 0 Å². The summed E-state index contributed by atoms with van der Waals surface area (Å²) >= 11 is 11.9. The molecule has 1 aromatic rings. The Morgan fingerprint density at radius 1 is 1.25 bits per heavy atom. The van der Waals surface area contributed by atoms with Crippen LogP contribution >= 0.6 is 23.2 Å². The molecule has 0 saturated carbocycles. The fourth-order valence-electron chi connectivity index (χ4n) is 2.00. The Labute approximate surface area is 106 Å². The van der Waals surface area contributed by atoms with Crippen molar-refractivity contribution in [2.75, 3.05) is 13.1 Å². The highest BCUT2D eigenvalue weighted by Gasteiger charge is 2.11. The smallest absolute Gasteiger partial charge is 0.0424 e. The maximum atomic E-state index is 5.95. The lowest BCUT2D eigenvalue weighted by molar-refractivity contribution is 0.389. The predicted octanol–water partition coefficient (Wildman–Crippen LogP) is 2.84. The molecule has 0 aromatic heterocycles. The van der Waals surface area contributed by atoms with Crippen molar-refractivity contribution in [2.45, 2.75) is 25.4 Å². The number of hydrogen-bond donors (Lipinski definition) is 2. The normalized spacial score (nSPS) is 21.0. The Bertz CT molecular complexity index is 329. The molecular weight excluding hydrogens is 243 g/mol. The van der Waals surface area contributed by atoms with Gasteiger partial charge >= 0.3 is 0 Å². The van der Waals surface area contributed by atoms with Gasteiger partial charge in [0.25, 0.3) is 0 Å². The molecule has 0 aliphatic carbocycles. The SMILES string of the molecule is Clc1cc(Cl)cc(CNC2CCCNC2)c1. The number of nitrogens with one attached hydrogen (secondary N) is 2. The first-order valence-corrected chi connectivity index (χ1v) is 6.39. The molecule has 88 valence electrons. The minimum absolute atomic E-state index is 0.562. The van der Waals surface area contributed by atoms with Gasteiger partial charge in [-0.05, 0) is 43.1 Å². The summed E-state index contributed by atoms with van der Waals surface area (Å²) in [5.74, 6) is 0. The van der Waals surface area contributed by atoms with Crippen LogP contribution in [0.25, 0.3) is 0 Å². The summed E-state index contributed by atoms with van der Waals surface area (Å²) in [6, 6.07) is 6.23. The van der Waals surface area contributed by atoms with E-state index in [4.69, 9.17) is 23.2 Å². The number of piperidine rings is 1. The van der Waals surface area contributed by atoms with Crippen molar-refractivity contribution < 1.29 is 0 Å². The molecule has 4 heteroatoms. The second kappa shape index (κ2) is 5.87. The van der Waals surface area contributed by atoms with E-state index >= 15 is 0 Å². The molecule has 0 bridgehead atoms. The highest BCUT2D eigenvalue weighted by atomic mass is 35.5. The van der Waals surface area contributed by atoms with Crippen LogP contribution in [0.2, 0.25) is 10.0 Å². The van der Waals surface area contributed by atoms with Crippen LogP contribution in [-0.2, 0) is 6.54 Å². The lowest BCUT2D eigenvalue weighted by Crippen LogP contribution is -2.42. The quantitative estimate of drug-likeness (QED) is 0.872. The molecule has 1 atom stereocenters. The monoisotopic (exact) mass is 258 g/mol. The molecular formula is C12H16Cl2N2.